The van der Waals surface area contributed by atoms with Crippen molar-refractivity contribution < 1.29 is 14.3 Å². The molecule has 7 heteroatoms. The van der Waals surface area contributed by atoms with Crippen molar-refractivity contribution in [3.63, 3.8) is 0 Å². The Hall–Kier alpha value is -2.83. The van der Waals surface area contributed by atoms with Crippen molar-refractivity contribution >= 4 is 34.3 Å². The summed E-state index contributed by atoms with van der Waals surface area (Å²) in [5.41, 5.74) is 2.89. The lowest BCUT2D eigenvalue weighted by atomic mass is 10.1. The van der Waals surface area contributed by atoms with Crippen LogP contribution < -0.4 is 10.1 Å². The number of aromatic nitrogens is 1. The van der Waals surface area contributed by atoms with Crippen molar-refractivity contribution in [1.82, 2.24) is 14.8 Å². The number of carbonyl (C=O) groups is 2. The minimum absolute atomic E-state index is 0.0393. The van der Waals surface area contributed by atoms with Crippen LogP contribution in [0.25, 0.3) is 10.9 Å². The molecule has 1 aliphatic rings. The molecule has 3 aromatic rings. The zero-order valence-electron chi connectivity index (χ0n) is 19.9. The van der Waals surface area contributed by atoms with Gasteiger partial charge in [0, 0.05) is 28.2 Å². The molecule has 1 aromatic heterocycles. The molecule has 4 rings (SSSR count). The van der Waals surface area contributed by atoms with E-state index in [0.717, 1.165) is 48.2 Å². The van der Waals surface area contributed by atoms with Gasteiger partial charge in [-0.15, -0.1) is 0 Å². The van der Waals surface area contributed by atoms with Crippen LogP contribution in [-0.4, -0.2) is 54.6 Å². The van der Waals surface area contributed by atoms with Crippen LogP contribution in [0.5, 0.6) is 5.75 Å². The zero-order chi connectivity index (χ0) is 24.1. The third kappa shape index (κ3) is 5.45. The van der Waals surface area contributed by atoms with Gasteiger partial charge in [0.15, 0.2) is 0 Å². The second-order valence-electron chi connectivity index (χ2n) is 8.88. The topological polar surface area (TPSA) is 63.6 Å². The lowest BCUT2D eigenvalue weighted by Gasteiger charge is -2.26. The molecule has 0 saturated carbocycles. The highest BCUT2D eigenvalue weighted by molar-refractivity contribution is 6.30. The van der Waals surface area contributed by atoms with E-state index < -0.39 is 0 Å². The van der Waals surface area contributed by atoms with Crippen molar-refractivity contribution in [2.24, 2.45) is 0 Å². The van der Waals surface area contributed by atoms with Gasteiger partial charge < -0.3 is 15.0 Å². The molecule has 2 aromatic carbocycles. The summed E-state index contributed by atoms with van der Waals surface area (Å²) < 4.78 is 7.09. The monoisotopic (exact) mass is 481 g/mol. The van der Waals surface area contributed by atoms with E-state index >= 15 is 0 Å². The minimum atomic E-state index is -0.155. The Kier molecular flexibility index (Phi) is 7.91. The van der Waals surface area contributed by atoms with Crippen molar-refractivity contribution in [1.29, 1.82) is 0 Å². The minimum Gasteiger partial charge on any atom is -0.497 e. The Labute approximate surface area is 205 Å². The molecule has 1 fully saturated rings. The van der Waals surface area contributed by atoms with Gasteiger partial charge in [-0.1, -0.05) is 18.0 Å². The van der Waals surface area contributed by atoms with Crippen LogP contribution in [0.15, 0.2) is 42.5 Å². The fourth-order valence-corrected chi connectivity index (χ4v) is 4.86. The van der Waals surface area contributed by atoms with Gasteiger partial charge >= 0.3 is 0 Å². The SMILES string of the molecule is COc1ccc2c(c1)c(CC(=O)NCCCN1CCCCC1)c(C)n2C(=O)c1ccc(Cl)cc1. The van der Waals surface area contributed by atoms with Gasteiger partial charge in [0.05, 0.1) is 19.0 Å². The molecule has 1 saturated heterocycles. The second-order valence-corrected chi connectivity index (χ2v) is 9.31. The molecule has 0 aliphatic carbocycles. The van der Waals surface area contributed by atoms with Gasteiger partial charge in [0.2, 0.25) is 5.91 Å². The van der Waals surface area contributed by atoms with Gasteiger partial charge in [0.25, 0.3) is 5.91 Å². The Morgan fingerprint density at radius 1 is 1.06 bits per heavy atom. The summed E-state index contributed by atoms with van der Waals surface area (Å²) >= 11 is 6.00. The van der Waals surface area contributed by atoms with Crippen LogP contribution in [-0.2, 0) is 11.2 Å². The van der Waals surface area contributed by atoms with Crippen LogP contribution in [0.3, 0.4) is 0 Å². The summed E-state index contributed by atoms with van der Waals surface area (Å²) in [6.07, 6.45) is 5.02. The predicted molar refractivity (Wildman–Crippen MR) is 136 cm³/mol. The number of likely N-dealkylation sites (tertiary alicyclic amines) is 1. The lowest BCUT2D eigenvalue weighted by Crippen LogP contribution is -2.33. The van der Waals surface area contributed by atoms with Gasteiger partial charge in [-0.05, 0) is 93.8 Å². The average molecular weight is 482 g/mol. The number of rotatable bonds is 8. The van der Waals surface area contributed by atoms with Crippen LogP contribution in [0, 0.1) is 6.92 Å². The highest BCUT2D eigenvalue weighted by atomic mass is 35.5. The molecule has 0 atom stereocenters. The molecule has 34 heavy (non-hydrogen) atoms. The highest BCUT2D eigenvalue weighted by Crippen LogP contribution is 2.31. The number of piperidine rings is 1. The van der Waals surface area contributed by atoms with Crippen molar-refractivity contribution in [3.05, 3.63) is 64.3 Å². The van der Waals surface area contributed by atoms with E-state index in [-0.39, 0.29) is 18.2 Å². The van der Waals surface area contributed by atoms with E-state index in [1.54, 1.807) is 35.9 Å². The molecule has 0 bridgehead atoms. The molecule has 0 unspecified atom stereocenters. The number of methoxy groups -OCH3 is 1. The maximum Gasteiger partial charge on any atom is 0.262 e. The van der Waals surface area contributed by atoms with Crippen molar-refractivity contribution in [2.75, 3.05) is 33.3 Å². The van der Waals surface area contributed by atoms with Crippen LogP contribution >= 0.6 is 11.6 Å². The van der Waals surface area contributed by atoms with Crippen LogP contribution in [0.1, 0.15) is 47.3 Å². The molecule has 1 N–H and O–H groups in total. The molecule has 1 aliphatic heterocycles. The first-order valence-corrected chi connectivity index (χ1v) is 12.3. The van der Waals surface area contributed by atoms with Crippen molar-refractivity contribution in [3.8, 4) is 5.75 Å². The smallest absolute Gasteiger partial charge is 0.262 e. The zero-order valence-corrected chi connectivity index (χ0v) is 20.7. The molecular formula is C27H32ClN3O3. The number of amides is 1. The Bertz CT molecular complexity index is 1160. The van der Waals surface area contributed by atoms with Crippen LogP contribution in [0.2, 0.25) is 5.02 Å². The molecule has 6 nitrogen and oxygen atoms in total. The number of benzene rings is 2. The summed E-state index contributed by atoms with van der Waals surface area (Å²) in [4.78, 5) is 28.7. The normalized spacial score (nSPS) is 14.3. The molecule has 0 radical (unpaired) electrons. The largest absolute Gasteiger partial charge is 0.497 e. The summed E-state index contributed by atoms with van der Waals surface area (Å²) in [5, 5.41) is 4.49. The number of nitrogens with one attached hydrogen (secondary N) is 1. The molecular weight excluding hydrogens is 450 g/mol. The molecule has 180 valence electrons. The van der Waals surface area contributed by atoms with Crippen LogP contribution in [0.4, 0.5) is 0 Å². The van der Waals surface area contributed by atoms with E-state index in [1.807, 2.05) is 25.1 Å². The van der Waals surface area contributed by atoms with E-state index in [4.69, 9.17) is 16.3 Å². The van der Waals surface area contributed by atoms with E-state index in [0.29, 0.717) is 22.9 Å². The summed E-state index contributed by atoms with van der Waals surface area (Å²) in [6, 6.07) is 12.4. The quantitative estimate of drug-likeness (QED) is 0.468. The second kappa shape index (κ2) is 11.1. The number of nitrogens with zero attached hydrogens (tertiary/aromatic N) is 2. The fourth-order valence-electron chi connectivity index (χ4n) is 4.73. The lowest BCUT2D eigenvalue weighted by molar-refractivity contribution is -0.120. The first-order valence-electron chi connectivity index (χ1n) is 11.9. The molecule has 2 heterocycles. The van der Waals surface area contributed by atoms with Gasteiger partial charge in [-0.3, -0.25) is 14.2 Å². The summed E-state index contributed by atoms with van der Waals surface area (Å²) in [5.74, 6) is 0.492. The van der Waals surface area contributed by atoms with Gasteiger partial charge in [0.1, 0.15) is 5.75 Å². The molecule has 0 spiro atoms. The van der Waals surface area contributed by atoms with Crippen molar-refractivity contribution in [2.45, 2.75) is 39.0 Å². The Balaban J connectivity index is 1.52. The Morgan fingerprint density at radius 2 is 1.79 bits per heavy atom. The maximum absolute atomic E-state index is 13.4. The van der Waals surface area contributed by atoms with E-state index in [2.05, 4.69) is 10.2 Å². The van der Waals surface area contributed by atoms with Gasteiger partial charge in [-0.25, -0.2) is 0 Å². The average Bonchev–Trinajstić information content (AvgIpc) is 3.12. The number of halogens is 1. The third-order valence-electron chi connectivity index (χ3n) is 6.60. The third-order valence-corrected chi connectivity index (χ3v) is 6.85. The first kappa shape index (κ1) is 24.3. The fraction of sp³-hybridized carbons (Fsp3) is 0.407. The van der Waals surface area contributed by atoms with E-state index in [1.165, 1.54) is 19.3 Å². The maximum atomic E-state index is 13.4. The first-order chi connectivity index (χ1) is 16.5. The number of hydrogen-bond donors (Lipinski definition) is 1. The molecule has 1 amide bonds. The Morgan fingerprint density at radius 3 is 2.50 bits per heavy atom. The number of ether oxygens (including phenoxy) is 1. The summed E-state index contributed by atoms with van der Waals surface area (Å²) in [6.45, 7) is 5.89. The number of carbonyl (C=O) groups excluding carboxylic acids is 2. The predicted octanol–water partition coefficient (Wildman–Crippen LogP) is 4.83. The standard InChI is InChI=1S/C27H32ClN3O3/c1-19-23(18-26(32)29-13-6-16-30-14-4-3-5-15-30)24-17-22(34-2)11-12-25(24)31(19)27(33)20-7-9-21(28)10-8-20/h7-12,17H,3-6,13-16,18H2,1-2H3,(H,29,32). The van der Waals surface area contributed by atoms with Gasteiger partial charge in [-0.2, -0.15) is 0 Å². The number of hydrogen-bond acceptors (Lipinski definition) is 4. The highest BCUT2D eigenvalue weighted by Gasteiger charge is 2.22. The van der Waals surface area contributed by atoms with E-state index in [9.17, 15) is 9.59 Å². The summed E-state index contributed by atoms with van der Waals surface area (Å²) in [7, 11) is 1.61. The number of fused-ring (bicyclic) bond motifs is 1.